The fourth-order valence-electron chi connectivity index (χ4n) is 5.67. The van der Waals surface area contributed by atoms with Crippen molar-refractivity contribution in [3.63, 3.8) is 0 Å². The number of likely N-dealkylation sites (N-methyl/N-ethyl adjacent to an activating group) is 1. The van der Waals surface area contributed by atoms with Crippen LogP contribution in [0.15, 0.2) is 54.7 Å². The second-order valence-electron chi connectivity index (χ2n) is 10.9. The van der Waals surface area contributed by atoms with Crippen molar-refractivity contribution in [2.24, 2.45) is 0 Å². The number of halogens is 1. The van der Waals surface area contributed by atoms with E-state index in [-0.39, 0.29) is 24.3 Å². The van der Waals surface area contributed by atoms with Gasteiger partial charge in [0.05, 0.1) is 24.4 Å². The van der Waals surface area contributed by atoms with Crippen molar-refractivity contribution in [2.75, 3.05) is 44.7 Å². The van der Waals surface area contributed by atoms with Crippen molar-refractivity contribution in [1.29, 1.82) is 5.26 Å². The number of ether oxygens (including phenoxy) is 2. The summed E-state index contributed by atoms with van der Waals surface area (Å²) in [5.41, 5.74) is 2.69. The molecule has 2 aliphatic heterocycles. The third kappa shape index (κ3) is 6.15. The summed E-state index contributed by atoms with van der Waals surface area (Å²) in [6.45, 7) is 3.89. The van der Waals surface area contributed by atoms with Crippen molar-refractivity contribution in [3.8, 4) is 17.8 Å². The molecule has 2 fully saturated rings. The highest BCUT2D eigenvalue weighted by Crippen LogP contribution is 2.28. The van der Waals surface area contributed by atoms with Crippen molar-refractivity contribution in [2.45, 2.75) is 44.4 Å². The molecule has 0 saturated carbocycles. The quantitative estimate of drug-likeness (QED) is 0.306. The molecule has 0 spiro atoms. The van der Waals surface area contributed by atoms with Gasteiger partial charge in [0.1, 0.15) is 24.8 Å². The molecule has 4 heterocycles. The molecule has 2 saturated heterocycles. The number of rotatable bonds is 10. The monoisotopic (exact) mass is 570 g/mol. The van der Waals surface area contributed by atoms with Gasteiger partial charge in [0.15, 0.2) is 11.5 Å². The number of aromatic nitrogens is 4. The number of anilines is 1. The molecule has 10 nitrogen and oxygen atoms in total. The predicted octanol–water partition coefficient (Wildman–Crippen LogP) is 3.60. The first kappa shape index (κ1) is 27.9. The SMILES string of the molecule is CN1CCC[C@H]1COc1nc(N2CCN[C@@H](CC#N)C2)c2ncc(Cc3c(F)cccc3OCc3ccccc3)n2n1. The van der Waals surface area contributed by atoms with Crippen LogP contribution in [0.2, 0.25) is 0 Å². The number of nitrogens with zero attached hydrogens (tertiary/aromatic N) is 7. The van der Waals surface area contributed by atoms with Crippen LogP contribution in [0.4, 0.5) is 10.2 Å². The van der Waals surface area contributed by atoms with Gasteiger partial charge in [0.25, 0.3) is 0 Å². The third-order valence-electron chi connectivity index (χ3n) is 8.04. The van der Waals surface area contributed by atoms with E-state index < -0.39 is 0 Å². The number of likely N-dealkylation sites (tertiary alicyclic amines) is 1. The minimum atomic E-state index is -0.355. The summed E-state index contributed by atoms with van der Waals surface area (Å²) in [6, 6.07) is 17.5. The molecule has 0 amide bonds. The van der Waals surface area contributed by atoms with E-state index in [9.17, 15) is 5.26 Å². The predicted molar refractivity (Wildman–Crippen MR) is 156 cm³/mol. The van der Waals surface area contributed by atoms with Crippen molar-refractivity contribution in [1.82, 2.24) is 29.8 Å². The van der Waals surface area contributed by atoms with Crippen LogP contribution in [-0.4, -0.2) is 76.4 Å². The molecule has 218 valence electrons. The second kappa shape index (κ2) is 12.7. The van der Waals surface area contributed by atoms with Crippen LogP contribution in [0, 0.1) is 17.1 Å². The third-order valence-corrected chi connectivity index (χ3v) is 8.04. The number of imidazole rings is 1. The van der Waals surface area contributed by atoms with Gasteiger partial charge in [-0.1, -0.05) is 36.4 Å². The molecule has 2 aromatic carbocycles. The number of hydrogen-bond acceptors (Lipinski definition) is 9. The lowest BCUT2D eigenvalue weighted by Crippen LogP contribution is -2.51. The first-order chi connectivity index (χ1) is 20.6. The van der Waals surface area contributed by atoms with E-state index in [1.54, 1.807) is 22.8 Å². The maximum atomic E-state index is 15.2. The summed E-state index contributed by atoms with van der Waals surface area (Å²) in [5, 5.41) is 17.4. The summed E-state index contributed by atoms with van der Waals surface area (Å²) < 4.78 is 29.2. The number of nitriles is 1. The van der Waals surface area contributed by atoms with Gasteiger partial charge >= 0.3 is 6.01 Å². The zero-order valence-corrected chi connectivity index (χ0v) is 23.7. The normalized spacial score (nSPS) is 19.2. The van der Waals surface area contributed by atoms with Gasteiger partial charge in [0, 0.05) is 43.7 Å². The van der Waals surface area contributed by atoms with Crippen LogP contribution in [0.3, 0.4) is 0 Å². The number of benzene rings is 2. The largest absolute Gasteiger partial charge is 0.489 e. The summed E-state index contributed by atoms with van der Waals surface area (Å²) in [7, 11) is 2.10. The average Bonchev–Trinajstić information content (AvgIpc) is 3.62. The molecule has 11 heteroatoms. The van der Waals surface area contributed by atoms with Gasteiger partial charge in [-0.15, -0.1) is 5.10 Å². The molecule has 2 aromatic heterocycles. The Morgan fingerprint density at radius 1 is 1.12 bits per heavy atom. The minimum absolute atomic E-state index is 0.0208. The van der Waals surface area contributed by atoms with Crippen LogP contribution >= 0.6 is 0 Å². The lowest BCUT2D eigenvalue weighted by atomic mass is 10.1. The molecule has 2 atom stereocenters. The summed E-state index contributed by atoms with van der Waals surface area (Å²) in [5.74, 6) is 0.766. The minimum Gasteiger partial charge on any atom is -0.489 e. The van der Waals surface area contributed by atoms with Gasteiger partial charge in [-0.3, -0.25) is 0 Å². The van der Waals surface area contributed by atoms with E-state index in [1.807, 2.05) is 30.3 Å². The summed E-state index contributed by atoms with van der Waals surface area (Å²) >= 11 is 0. The molecule has 1 N–H and O–H groups in total. The van der Waals surface area contributed by atoms with Crippen LogP contribution < -0.4 is 19.7 Å². The van der Waals surface area contributed by atoms with Gasteiger partial charge < -0.3 is 24.6 Å². The maximum absolute atomic E-state index is 15.2. The Balaban J connectivity index is 1.32. The van der Waals surface area contributed by atoms with Crippen LogP contribution in [0.25, 0.3) is 5.65 Å². The molecule has 6 rings (SSSR count). The van der Waals surface area contributed by atoms with Crippen LogP contribution in [0.5, 0.6) is 11.8 Å². The fraction of sp³-hybridized carbons (Fsp3) is 0.419. The molecule has 0 aliphatic carbocycles. The van der Waals surface area contributed by atoms with Crippen molar-refractivity contribution in [3.05, 3.63) is 77.4 Å². The summed E-state index contributed by atoms with van der Waals surface area (Å²) in [6.07, 6.45) is 4.53. The van der Waals surface area contributed by atoms with E-state index in [0.717, 1.165) is 31.5 Å². The Morgan fingerprint density at radius 2 is 2.00 bits per heavy atom. The Kier molecular flexibility index (Phi) is 8.44. The Labute approximate surface area is 244 Å². The number of fused-ring (bicyclic) bond motifs is 1. The number of piperazine rings is 1. The topological polar surface area (TPSA) is 104 Å². The van der Waals surface area contributed by atoms with Crippen LogP contribution in [-0.2, 0) is 13.0 Å². The van der Waals surface area contributed by atoms with E-state index in [2.05, 4.69) is 33.2 Å². The molecule has 0 bridgehead atoms. The standard InChI is InChI=1S/C31H35FN8O2/c1-38-15-6-9-24(38)21-42-31-36-30(39-16-14-34-23(19-39)12-13-33)29-35-18-25(40(29)37-31)17-26-27(32)10-5-11-28(26)41-20-22-7-3-2-4-8-22/h2-5,7-8,10-11,18,23-24,34H,6,9,12,14-17,19-21H2,1H3/t23-,24-/m0/s1. The van der Waals surface area contributed by atoms with E-state index in [1.165, 1.54) is 6.07 Å². The molecule has 0 radical (unpaired) electrons. The first-order valence-corrected chi connectivity index (χ1v) is 14.5. The first-order valence-electron chi connectivity index (χ1n) is 14.5. The van der Waals surface area contributed by atoms with E-state index in [4.69, 9.17) is 19.6 Å². The molecule has 2 aliphatic rings. The fourth-order valence-corrected chi connectivity index (χ4v) is 5.67. The summed E-state index contributed by atoms with van der Waals surface area (Å²) in [4.78, 5) is 13.9. The molecule has 42 heavy (non-hydrogen) atoms. The molecule has 4 aromatic rings. The maximum Gasteiger partial charge on any atom is 0.336 e. The average molecular weight is 571 g/mol. The van der Waals surface area contributed by atoms with E-state index in [0.29, 0.717) is 67.2 Å². The lowest BCUT2D eigenvalue weighted by Gasteiger charge is -2.33. The number of nitrogens with one attached hydrogen (secondary N) is 1. The molecule has 0 unspecified atom stereocenters. The second-order valence-corrected chi connectivity index (χ2v) is 10.9. The lowest BCUT2D eigenvalue weighted by molar-refractivity contribution is 0.185. The highest BCUT2D eigenvalue weighted by atomic mass is 19.1. The van der Waals surface area contributed by atoms with Gasteiger partial charge in [-0.05, 0) is 44.1 Å². The highest BCUT2D eigenvalue weighted by molar-refractivity contribution is 5.65. The van der Waals surface area contributed by atoms with E-state index >= 15 is 4.39 Å². The van der Waals surface area contributed by atoms with Crippen LogP contribution in [0.1, 0.15) is 36.1 Å². The number of hydrogen-bond donors (Lipinski definition) is 1. The highest BCUT2D eigenvalue weighted by Gasteiger charge is 2.27. The van der Waals surface area contributed by atoms with Gasteiger partial charge in [-0.25, -0.2) is 13.9 Å². The Morgan fingerprint density at radius 3 is 2.81 bits per heavy atom. The zero-order valence-electron chi connectivity index (χ0n) is 23.7. The van der Waals surface area contributed by atoms with Gasteiger partial charge in [0.2, 0.25) is 0 Å². The van der Waals surface area contributed by atoms with Crippen molar-refractivity contribution < 1.29 is 13.9 Å². The molecular weight excluding hydrogens is 535 g/mol. The molecular formula is C31H35FN8O2. The van der Waals surface area contributed by atoms with Crippen molar-refractivity contribution >= 4 is 11.5 Å². The Hall–Kier alpha value is -4.27. The Bertz CT molecular complexity index is 1560. The zero-order chi connectivity index (χ0) is 28.9. The van der Waals surface area contributed by atoms with Gasteiger partial charge in [-0.2, -0.15) is 10.2 Å². The smallest absolute Gasteiger partial charge is 0.336 e.